The monoisotopic (exact) mass is 441 g/mol. The van der Waals surface area contributed by atoms with Crippen molar-refractivity contribution in [2.24, 2.45) is 5.41 Å². The maximum atomic E-state index is 13.4. The third kappa shape index (κ3) is 3.59. The Bertz CT molecular complexity index is 1100. The number of carbonyl (C=O) groups is 2. The van der Waals surface area contributed by atoms with Crippen LogP contribution in [-0.2, 0) is 9.59 Å². The van der Waals surface area contributed by atoms with Gasteiger partial charge in [-0.1, -0.05) is 55.2 Å². The molecule has 0 aromatic heterocycles. The summed E-state index contributed by atoms with van der Waals surface area (Å²) in [4.78, 5) is 28.6. The fraction of sp³-hybridized carbons (Fsp3) is 0.360. The summed E-state index contributed by atoms with van der Waals surface area (Å²) >= 11 is 12.8. The van der Waals surface area contributed by atoms with Crippen molar-refractivity contribution in [3.63, 3.8) is 0 Å². The third-order valence-corrected chi connectivity index (χ3v) is 7.08. The second-order valence-electron chi connectivity index (χ2n) is 9.20. The van der Waals surface area contributed by atoms with Crippen molar-refractivity contribution in [3.8, 4) is 0 Å². The molecule has 30 heavy (non-hydrogen) atoms. The second-order valence-corrected chi connectivity index (χ2v) is 9.98. The van der Waals surface area contributed by atoms with E-state index in [1.807, 2.05) is 44.2 Å². The van der Waals surface area contributed by atoms with Gasteiger partial charge in [-0.05, 0) is 60.6 Å². The summed E-state index contributed by atoms with van der Waals surface area (Å²) < 4.78 is 0. The van der Waals surface area contributed by atoms with E-state index in [0.29, 0.717) is 28.5 Å². The summed E-state index contributed by atoms with van der Waals surface area (Å²) in [6.07, 6.45) is 1.30. The molecule has 156 valence electrons. The number of rotatable bonds is 2. The van der Waals surface area contributed by atoms with E-state index in [0.717, 1.165) is 22.5 Å². The number of anilines is 1. The van der Waals surface area contributed by atoms with E-state index in [9.17, 15) is 9.59 Å². The van der Waals surface area contributed by atoms with Gasteiger partial charge in [0.2, 0.25) is 5.91 Å². The van der Waals surface area contributed by atoms with Gasteiger partial charge in [0.15, 0.2) is 5.78 Å². The number of aryl methyl sites for hydroxylation is 2. The van der Waals surface area contributed by atoms with Gasteiger partial charge in [0.05, 0.1) is 10.0 Å². The van der Waals surface area contributed by atoms with Crippen LogP contribution >= 0.6 is 23.2 Å². The molecule has 1 heterocycles. The van der Waals surface area contributed by atoms with Crippen LogP contribution in [0.3, 0.4) is 0 Å². The van der Waals surface area contributed by atoms with E-state index in [1.54, 1.807) is 11.0 Å². The zero-order valence-corrected chi connectivity index (χ0v) is 19.2. The van der Waals surface area contributed by atoms with Crippen LogP contribution in [0.5, 0.6) is 0 Å². The smallest absolute Gasteiger partial charge is 0.232 e. The van der Waals surface area contributed by atoms with Crippen molar-refractivity contribution in [1.29, 1.82) is 0 Å². The van der Waals surface area contributed by atoms with Crippen molar-refractivity contribution >= 4 is 40.6 Å². The summed E-state index contributed by atoms with van der Waals surface area (Å²) in [5, 5.41) is 0.852. The Hall–Kier alpha value is -2.10. The number of hydrogen-bond acceptors (Lipinski definition) is 2. The zero-order valence-electron chi connectivity index (χ0n) is 17.7. The third-order valence-electron chi connectivity index (χ3n) is 6.25. The highest BCUT2D eigenvalue weighted by Gasteiger charge is 2.44. The molecule has 0 fully saturated rings. The van der Waals surface area contributed by atoms with Crippen molar-refractivity contribution < 1.29 is 9.59 Å². The quantitative estimate of drug-likeness (QED) is 0.515. The van der Waals surface area contributed by atoms with Crippen molar-refractivity contribution in [1.82, 2.24) is 0 Å². The number of hydrogen-bond donors (Lipinski definition) is 0. The SMILES string of the molecule is Cc1ccc(N2C(=O)CC(c3cccc(Cl)c3Cl)C3=C2CC(C)(C)CC3=O)cc1C. The fourth-order valence-electron chi connectivity index (χ4n) is 4.63. The van der Waals surface area contributed by atoms with Gasteiger partial charge in [-0.15, -0.1) is 0 Å². The van der Waals surface area contributed by atoms with Crippen LogP contribution in [0.2, 0.25) is 10.0 Å². The molecule has 1 aliphatic heterocycles. The van der Waals surface area contributed by atoms with E-state index in [1.165, 1.54) is 5.56 Å². The molecule has 1 amide bonds. The number of Topliss-reactive ketones (excluding diaryl/α,β-unsaturated/α-hetero) is 1. The average Bonchev–Trinajstić information content (AvgIpc) is 2.65. The Morgan fingerprint density at radius 1 is 1.00 bits per heavy atom. The minimum Gasteiger partial charge on any atom is -0.294 e. The molecule has 1 aliphatic carbocycles. The largest absolute Gasteiger partial charge is 0.294 e. The van der Waals surface area contributed by atoms with E-state index in [2.05, 4.69) is 13.8 Å². The van der Waals surface area contributed by atoms with Crippen LogP contribution in [0.25, 0.3) is 0 Å². The Morgan fingerprint density at radius 3 is 2.43 bits per heavy atom. The molecule has 1 atom stereocenters. The van der Waals surface area contributed by atoms with E-state index in [4.69, 9.17) is 23.2 Å². The molecule has 3 nitrogen and oxygen atoms in total. The maximum Gasteiger partial charge on any atom is 0.232 e. The van der Waals surface area contributed by atoms with Gasteiger partial charge < -0.3 is 0 Å². The van der Waals surface area contributed by atoms with Gasteiger partial charge in [-0.2, -0.15) is 0 Å². The Balaban J connectivity index is 1.93. The van der Waals surface area contributed by atoms with Gasteiger partial charge in [-0.3, -0.25) is 14.5 Å². The number of amides is 1. The summed E-state index contributed by atoms with van der Waals surface area (Å²) in [5.74, 6) is -0.308. The predicted molar refractivity (Wildman–Crippen MR) is 122 cm³/mol. The molecule has 0 bridgehead atoms. The minimum atomic E-state index is -0.370. The van der Waals surface area contributed by atoms with E-state index < -0.39 is 0 Å². The molecule has 1 unspecified atom stereocenters. The molecule has 0 saturated carbocycles. The van der Waals surface area contributed by atoms with Gasteiger partial charge >= 0.3 is 0 Å². The van der Waals surface area contributed by atoms with E-state index in [-0.39, 0.29) is 29.4 Å². The highest BCUT2D eigenvalue weighted by Crippen LogP contribution is 2.49. The normalized spacial score (nSPS) is 21.1. The molecule has 0 spiro atoms. The van der Waals surface area contributed by atoms with Crippen molar-refractivity contribution in [2.45, 2.75) is 52.9 Å². The average molecular weight is 442 g/mol. The highest BCUT2D eigenvalue weighted by molar-refractivity contribution is 6.42. The summed E-state index contributed by atoms with van der Waals surface area (Å²) in [5.41, 5.74) is 5.14. The van der Waals surface area contributed by atoms with Crippen LogP contribution in [-0.4, -0.2) is 11.7 Å². The summed E-state index contributed by atoms with van der Waals surface area (Å²) in [6, 6.07) is 11.4. The topological polar surface area (TPSA) is 37.4 Å². The number of carbonyl (C=O) groups excluding carboxylic acids is 2. The van der Waals surface area contributed by atoms with E-state index >= 15 is 0 Å². The van der Waals surface area contributed by atoms with Crippen molar-refractivity contribution in [2.75, 3.05) is 4.90 Å². The molecule has 2 aliphatic rings. The molecular weight excluding hydrogens is 417 g/mol. The lowest BCUT2D eigenvalue weighted by Crippen LogP contribution is -2.43. The fourth-order valence-corrected chi connectivity index (χ4v) is 5.07. The first-order valence-corrected chi connectivity index (χ1v) is 10.9. The number of benzene rings is 2. The molecule has 0 saturated heterocycles. The van der Waals surface area contributed by atoms with Gasteiger partial charge in [-0.25, -0.2) is 0 Å². The molecule has 4 rings (SSSR count). The zero-order chi connectivity index (χ0) is 21.8. The van der Waals surface area contributed by atoms with Crippen molar-refractivity contribution in [3.05, 3.63) is 74.4 Å². The first-order valence-electron chi connectivity index (χ1n) is 10.2. The highest BCUT2D eigenvalue weighted by atomic mass is 35.5. The Labute approximate surface area is 187 Å². The molecule has 2 aromatic carbocycles. The standard InChI is InChI=1S/C25H25Cl2NO2/c1-14-8-9-16(10-15(14)2)28-20-12-25(3,4)13-21(29)23(20)18(11-22(28)30)17-6-5-7-19(26)24(17)27/h5-10,18H,11-13H2,1-4H3. The van der Waals surface area contributed by atoms with Gasteiger partial charge in [0, 0.05) is 35.7 Å². The number of allylic oxidation sites excluding steroid dienone is 2. The Kier molecular flexibility index (Phi) is 5.32. The summed E-state index contributed by atoms with van der Waals surface area (Å²) in [6.45, 7) is 8.24. The second kappa shape index (κ2) is 7.55. The van der Waals surface area contributed by atoms with Gasteiger partial charge in [0.1, 0.15) is 0 Å². The lowest BCUT2D eigenvalue weighted by molar-refractivity contribution is -0.121. The molecule has 0 radical (unpaired) electrons. The number of ketones is 1. The van der Waals surface area contributed by atoms with Crippen LogP contribution in [0.4, 0.5) is 5.69 Å². The first kappa shape index (κ1) is 21.1. The van der Waals surface area contributed by atoms with Gasteiger partial charge in [0.25, 0.3) is 0 Å². The lowest BCUT2D eigenvalue weighted by Gasteiger charge is -2.43. The van der Waals surface area contributed by atoms with Crippen LogP contribution in [0.15, 0.2) is 47.7 Å². The van der Waals surface area contributed by atoms with Crippen LogP contribution < -0.4 is 4.90 Å². The molecule has 0 N–H and O–H groups in total. The lowest BCUT2D eigenvalue weighted by atomic mass is 9.69. The molecule has 2 aromatic rings. The van der Waals surface area contributed by atoms with Crippen LogP contribution in [0.1, 0.15) is 55.7 Å². The predicted octanol–water partition coefficient (Wildman–Crippen LogP) is 6.77. The first-order chi connectivity index (χ1) is 14.1. The van der Waals surface area contributed by atoms with Crippen LogP contribution in [0, 0.1) is 19.3 Å². The number of nitrogens with zero attached hydrogens (tertiary/aromatic N) is 1. The number of halogens is 2. The molecule has 5 heteroatoms. The molecular formula is C25H25Cl2NO2. The Morgan fingerprint density at radius 2 is 1.73 bits per heavy atom. The maximum absolute atomic E-state index is 13.4. The summed E-state index contributed by atoms with van der Waals surface area (Å²) in [7, 11) is 0. The minimum absolute atomic E-state index is 0.0245.